The van der Waals surface area contributed by atoms with E-state index in [1.807, 2.05) is 0 Å². The third-order valence-corrected chi connectivity index (χ3v) is 3.27. The Kier molecular flexibility index (Phi) is 5.02. The van der Waals surface area contributed by atoms with E-state index in [4.69, 9.17) is 28.3 Å². The second-order valence-corrected chi connectivity index (χ2v) is 5.04. The van der Waals surface area contributed by atoms with Gasteiger partial charge in [0.15, 0.2) is 0 Å². The highest BCUT2D eigenvalue weighted by Crippen LogP contribution is 2.38. The first-order chi connectivity index (χ1) is 10.6. The van der Waals surface area contributed by atoms with Crippen LogP contribution in [0.4, 0.5) is 22.0 Å². The Morgan fingerprint density at radius 3 is 2.22 bits per heavy atom. The van der Waals surface area contributed by atoms with Gasteiger partial charge in [-0.1, -0.05) is 23.2 Å². The molecule has 0 fully saturated rings. The topological polar surface area (TPSA) is 47.3 Å². The van der Waals surface area contributed by atoms with Gasteiger partial charge in [0.1, 0.15) is 5.69 Å². The van der Waals surface area contributed by atoms with Crippen LogP contribution in [-0.4, -0.2) is 21.5 Å². The highest BCUT2D eigenvalue weighted by atomic mass is 35.5. The molecule has 0 unspecified atom stereocenters. The fourth-order valence-electron chi connectivity index (χ4n) is 1.75. The quantitative estimate of drug-likeness (QED) is 0.809. The van der Waals surface area contributed by atoms with Crippen LogP contribution in [0.2, 0.25) is 10.0 Å². The number of rotatable bonds is 4. The van der Waals surface area contributed by atoms with Crippen LogP contribution in [0, 0.1) is 0 Å². The zero-order valence-corrected chi connectivity index (χ0v) is 12.4. The van der Waals surface area contributed by atoms with Crippen molar-refractivity contribution in [3.05, 3.63) is 39.5 Å². The molecular formula is C12H7Cl2F5N2O2. The van der Waals surface area contributed by atoms with Crippen molar-refractivity contribution < 1.29 is 31.8 Å². The molecule has 0 aliphatic heterocycles. The number of aliphatic hydroxyl groups is 1. The zero-order valence-electron chi connectivity index (χ0n) is 10.9. The number of hydrogen-bond acceptors (Lipinski definition) is 3. The summed E-state index contributed by atoms with van der Waals surface area (Å²) in [6, 6.07) is 1.24. The standard InChI is InChI=1S/C12H7Cl2F5N2O2/c13-7-1-6(12(17,18)19)2-8(14)9(7)21-3-5(4-22)10(20-21)23-11(15)16/h1-3,11,22H,4H2. The van der Waals surface area contributed by atoms with Crippen molar-refractivity contribution in [3.63, 3.8) is 0 Å². The Morgan fingerprint density at radius 1 is 1.22 bits per heavy atom. The number of aliphatic hydroxyl groups excluding tert-OH is 1. The Morgan fingerprint density at radius 2 is 1.78 bits per heavy atom. The van der Waals surface area contributed by atoms with Crippen LogP contribution in [-0.2, 0) is 12.8 Å². The van der Waals surface area contributed by atoms with E-state index in [1.165, 1.54) is 0 Å². The van der Waals surface area contributed by atoms with Crippen LogP contribution < -0.4 is 4.74 Å². The van der Waals surface area contributed by atoms with Crippen LogP contribution in [0.5, 0.6) is 5.88 Å². The molecule has 1 N–H and O–H groups in total. The minimum atomic E-state index is -4.66. The molecule has 4 nitrogen and oxygen atoms in total. The fourth-order valence-corrected chi connectivity index (χ4v) is 2.41. The lowest BCUT2D eigenvalue weighted by atomic mass is 10.2. The van der Waals surface area contributed by atoms with Crippen molar-refractivity contribution in [2.45, 2.75) is 19.4 Å². The lowest BCUT2D eigenvalue weighted by molar-refractivity contribution is -0.137. The molecule has 0 atom stereocenters. The SMILES string of the molecule is OCc1cn(-c2c(Cl)cc(C(F)(F)F)cc2Cl)nc1OC(F)F. The van der Waals surface area contributed by atoms with Gasteiger partial charge in [-0.2, -0.15) is 22.0 Å². The van der Waals surface area contributed by atoms with Gasteiger partial charge < -0.3 is 9.84 Å². The van der Waals surface area contributed by atoms with E-state index in [-0.39, 0.29) is 11.3 Å². The Labute approximate surface area is 136 Å². The van der Waals surface area contributed by atoms with Crippen molar-refractivity contribution >= 4 is 23.2 Å². The molecule has 11 heteroatoms. The number of alkyl halides is 5. The molecule has 126 valence electrons. The van der Waals surface area contributed by atoms with E-state index in [0.29, 0.717) is 12.1 Å². The summed E-state index contributed by atoms with van der Waals surface area (Å²) in [5.41, 5.74) is -1.35. The number of nitrogens with zero attached hydrogens (tertiary/aromatic N) is 2. The highest BCUT2D eigenvalue weighted by molar-refractivity contribution is 6.37. The summed E-state index contributed by atoms with van der Waals surface area (Å²) in [5, 5.41) is 11.9. The van der Waals surface area contributed by atoms with Crippen LogP contribution in [0.15, 0.2) is 18.3 Å². The van der Waals surface area contributed by atoms with Gasteiger partial charge in [0, 0.05) is 6.20 Å². The summed E-state index contributed by atoms with van der Waals surface area (Å²) >= 11 is 11.6. The van der Waals surface area contributed by atoms with Gasteiger partial charge in [0.25, 0.3) is 0 Å². The maximum Gasteiger partial charge on any atom is 0.416 e. The van der Waals surface area contributed by atoms with E-state index >= 15 is 0 Å². The zero-order chi connectivity index (χ0) is 17.4. The number of ether oxygens (including phenoxy) is 1. The molecule has 2 aromatic rings. The average Bonchev–Trinajstić information content (AvgIpc) is 2.78. The lowest BCUT2D eigenvalue weighted by Gasteiger charge is -2.12. The minimum absolute atomic E-state index is 0.114. The van der Waals surface area contributed by atoms with Crippen LogP contribution >= 0.6 is 23.2 Å². The molecule has 23 heavy (non-hydrogen) atoms. The second-order valence-electron chi connectivity index (χ2n) is 4.23. The predicted molar refractivity (Wildman–Crippen MR) is 71.1 cm³/mol. The molecule has 1 aromatic carbocycles. The van der Waals surface area contributed by atoms with Gasteiger partial charge in [0.2, 0.25) is 5.88 Å². The first-order valence-electron chi connectivity index (χ1n) is 5.84. The normalized spacial score (nSPS) is 12.0. The number of halogens is 7. The van der Waals surface area contributed by atoms with Crippen molar-refractivity contribution in [1.82, 2.24) is 9.78 Å². The van der Waals surface area contributed by atoms with E-state index in [0.717, 1.165) is 10.9 Å². The van der Waals surface area contributed by atoms with E-state index < -0.39 is 40.9 Å². The summed E-state index contributed by atoms with van der Waals surface area (Å²) in [5.74, 6) is -0.588. The summed E-state index contributed by atoms with van der Waals surface area (Å²) in [4.78, 5) is 0. The van der Waals surface area contributed by atoms with Crippen molar-refractivity contribution in [3.8, 4) is 11.6 Å². The molecule has 0 radical (unpaired) electrons. The van der Waals surface area contributed by atoms with Crippen molar-refractivity contribution in [2.24, 2.45) is 0 Å². The Balaban J connectivity index is 2.52. The van der Waals surface area contributed by atoms with Gasteiger partial charge in [-0.15, -0.1) is 5.10 Å². The van der Waals surface area contributed by atoms with E-state index in [1.54, 1.807) is 0 Å². The van der Waals surface area contributed by atoms with Crippen LogP contribution in [0.1, 0.15) is 11.1 Å². The van der Waals surface area contributed by atoms with Gasteiger partial charge >= 0.3 is 12.8 Å². The average molecular weight is 377 g/mol. The molecule has 1 heterocycles. The largest absolute Gasteiger partial charge is 0.416 e. The Bertz CT molecular complexity index is 695. The number of aromatic nitrogens is 2. The van der Waals surface area contributed by atoms with Crippen LogP contribution in [0.25, 0.3) is 5.69 Å². The highest BCUT2D eigenvalue weighted by Gasteiger charge is 2.32. The number of benzene rings is 1. The second kappa shape index (κ2) is 6.50. The molecular weight excluding hydrogens is 370 g/mol. The third-order valence-electron chi connectivity index (χ3n) is 2.70. The molecule has 0 saturated carbocycles. The summed E-state index contributed by atoms with van der Waals surface area (Å²) in [7, 11) is 0. The maximum absolute atomic E-state index is 12.7. The van der Waals surface area contributed by atoms with Crippen molar-refractivity contribution in [2.75, 3.05) is 0 Å². The molecule has 0 aliphatic rings. The predicted octanol–water partition coefficient (Wildman–Crippen LogP) is 4.29. The molecule has 0 spiro atoms. The summed E-state index contributed by atoms with van der Waals surface area (Å²) in [6.07, 6.45) is -3.59. The number of hydrogen-bond donors (Lipinski definition) is 1. The third kappa shape index (κ3) is 3.85. The molecule has 0 amide bonds. The van der Waals surface area contributed by atoms with Gasteiger partial charge in [0.05, 0.1) is 27.8 Å². The fraction of sp³-hybridized carbons (Fsp3) is 0.250. The summed E-state index contributed by atoms with van der Waals surface area (Å²) < 4.78 is 67.5. The van der Waals surface area contributed by atoms with Gasteiger partial charge in [-0.3, -0.25) is 0 Å². The first-order valence-corrected chi connectivity index (χ1v) is 6.60. The summed E-state index contributed by atoms with van der Waals surface area (Å²) in [6.45, 7) is -3.88. The maximum atomic E-state index is 12.7. The molecule has 2 rings (SSSR count). The van der Waals surface area contributed by atoms with Gasteiger partial charge in [-0.05, 0) is 12.1 Å². The van der Waals surface area contributed by atoms with Crippen LogP contribution in [0.3, 0.4) is 0 Å². The molecule has 0 aliphatic carbocycles. The van der Waals surface area contributed by atoms with Crippen molar-refractivity contribution in [1.29, 1.82) is 0 Å². The van der Waals surface area contributed by atoms with E-state index in [2.05, 4.69) is 9.84 Å². The van der Waals surface area contributed by atoms with Gasteiger partial charge in [-0.25, -0.2) is 4.68 Å². The smallest absolute Gasteiger partial charge is 0.415 e. The monoisotopic (exact) mass is 376 g/mol. The Hall–Kier alpha value is -1.58. The minimum Gasteiger partial charge on any atom is -0.415 e. The molecule has 1 aromatic heterocycles. The lowest BCUT2D eigenvalue weighted by Crippen LogP contribution is -2.07. The van der Waals surface area contributed by atoms with E-state index in [9.17, 15) is 22.0 Å². The first kappa shape index (κ1) is 17.8. The molecule has 0 bridgehead atoms. The molecule has 0 saturated heterocycles.